The molecular formula is C17H19CsO4. The van der Waals surface area contributed by atoms with Gasteiger partial charge in [-0.1, -0.05) is 42.5 Å². The number of methoxy groups -OCH3 is 1. The van der Waals surface area contributed by atoms with E-state index in [1.807, 2.05) is 54.6 Å². The maximum absolute atomic E-state index is 10.9. The van der Waals surface area contributed by atoms with Crippen LogP contribution >= 0.6 is 0 Å². The minimum absolute atomic E-state index is 0. The van der Waals surface area contributed by atoms with E-state index in [4.69, 9.17) is 14.6 Å². The van der Waals surface area contributed by atoms with E-state index < -0.39 is 12.1 Å². The molecule has 2 aromatic carbocycles. The minimum atomic E-state index is -0.957. The van der Waals surface area contributed by atoms with Crippen LogP contribution < -0.4 is 73.6 Å². The molecule has 112 valence electrons. The Morgan fingerprint density at radius 3 is 2.27 bits per heavy atom. The minimum Gasteiger partial charge on any atom is -1.00 e. The second-order valence-electron chi connectivity index (χ2n) is 4.68. The van der Waals surface area contributed by atoms with Gasteiger partial charge < -0.3 is 16.0 Å². The van der Waals surface area contributed by atoms with Gasteiger partial charge in [-0.05, 0) is 23.3 Å². The van der Waals surface area contributed by atoms with Gasteiger partial charge in [0.05, 0.1) is 0 Å². The van der Waals surface area contributed by atoms with Crippen LogP contribution in [-0.2, 0) is 22.6 Å². The quantitative estimate of drug-likeness (QED) is 0.687. The maximum Gasteiger partial charge on any atom is 1.00 e. The topological polar surface area (TPSA) is 55.8 Å². The van der Waals surface area contributed by atoms with Gasteiger partial charge in [0, 0.05) is 13.5 Å². The summed E-state index contributed by atoms with van der Waals surface area (Å²) in [5.41, 5.74) is 2.00. The van der Waals surface area contributed by atoms with Crippen LogP contribution in [-0.4, -0.2) is 24.3 Å². The number of ether oxygens (including phenoxy) is 2. The Labute approximate surface area is 190 Å². The Bertz CT molecular complexity index is 575. The summed E-state index contributed by atoms with van der Waals surface area (Å²) in [7, 11) is 1.40. The van der Waals surface area contributed by atoms with Gasteiger partial charge in [-0.3, -0.25) is 0 Å². The van der Waals surface area contributed by atoms with Gasteiger partial charge >= 0.3 is 74.9 Å². The zero-order valence-corrected chi connectivity index (χ0v) is 19.1. The standard InChI is InChI=1S/C17H18O4.Cs.H/c1-20-16(17(18)19)11-13-7-9-15(10-8-13)21-12-14-5-3-2-4-6-14;;/h2-10,16H,11-12H2,1H3,(H,18,19);;/q;+1;-1. The van der Waals surface area contributed by atoms with Crippen molar-refractivity contribution >= 4 is 5.97 Å². The van der Waals surface area contributed by atoms with Crippen LogP contribution in [0, 0.1) is 0 Å². The number of carboxylic acids is 1. The Morgan fingerprint density at radius 2 is 1.73 bits per heavy atom. The number of carbonyl (C=O) groups is 1. The maximum atomic E-state index is 10.9. The zero-order chi connectivity index (χ0) is 15.1. The van der Waals surface area contributed by atoms with E-state index >= 15 is 0 Å². The van der Waals surface area contributed by atoms with Gasteiger partial charge in [0.15, 0.2) is 6.10 Å². The summed E-state index contributed by atoms with van der Waals surface area (Å²) in [5.74, 6) is -0.200. The summed E-state index contributed by atoms with van der Waals surface area (Å²) in [5, 5.41) is 8.95. The predicted octanol–water partition coefficient (Wildman–Crippen LogP) is 0.0242. The van der Waals surface area contributed by atoms with Gasteiger partial charge in [-0.15, -0.1) is 0 Å². The summed E-state index contributed by atoms with van der Waals surface area (Å²) < 4.78 is 10.6. The average molecular weight is 420 g/mol. The molecule has 0 aliphatic rings. The van der Waals surface area contributed by atoms with E-state index in [1.54, 1.807) is 0 Å². The molecule has 0 heterocycles. The second kappa shape index (κ2) is 10.5. The summed E-state index contributed by atoms with van der Waals surface area (Å²) >= 11 is 0. The average Bonchev–Trinajstić information content (AvgIpc) is 2.52. The first-order valence-electron chi connectivity index (χ1n) is 6.70. The predicted molar refractivity (Wildman–Crippen MR) is 80.5 cm³/mol. The molecule has 1 unspecified atom stereocenters. The molecule has 0 saturated heterocycles. The third-order valence-corrected chi connectivity index (χ3v) is 3.15. The van der Waals surface area contributed by atoms with Crippen LogP contribution in [0.15, 0.2) is 54.6 Å². The summed E-state index contributed by atoms with van der Waals surface area (Å²) in [6, 6.07) is 17.3. The van der Waals surface area contributed by atoms with Gasteiger partial charge in [-0.2, -0.15) is 0 Å². The van der Waals surface area contributed by atoms with Crippen LogP contribution in [0.3, 0.4) is 0 Å². The molecule has 2 rings (SSSR count). The van der Waals surface area contributed by atoms with Gasteiger partial charge in [0.1, 0.15) is 12.4 Å². The van der Waals surface area contributed by atoms with Gasteiger partial charge in [-0.25, -0.2) is 4.79 Å². The van der Waals surface area contributed by atoms with Crippen molar-refractivity contribution in [3.05, 3.63) is 65.7 Å². The number of hydrogen-bond acceptors (Lipinski definition) is 3. The van der Waals surface area contributed by atoms with E-state index in [9.17, 15) is 4.79 Å². The molecule has 5 heteroatoms. The van der Waals surface area contributed by atoms with E-state index in [-0.39, 0.29) is 70.3 Å². The van der Waals surface area contributed by atoms with Crippen LogP contribution in [0.1, 0.15) is 12.6 Å². The fourth-order valence-electron chi connectivity index (χ4n) is 1.95. The molecule has 0 spiro atoms. The smallest absolute Gasteiger partial charge is 1.00 e. The van der Waals surface area contributed by atoms with Gasteiger partial charge in [0.2, 0.25) is 0 Å². The molecule has 0 fully saturated rings. The molecule has 1 N–H and O–H groups in total. The van der Waals surface area contributed by atoms with Crippen molar-refractivity contribution in [1.82, 2.24) is 0 Å². The molecule has 0 amide bonds. The molecule has 0 radical (unpaired) electrons. The van der Waals surface area contributed by atoms with Gasteiger partial charge in [0.25, 0.3) is 0 Å². The van der Waals surface area contributed by atoms with E-state index in [2.05, 4.69) is 0 Å². The van der Waals surface area contributed by atoms with Crippen molar-refractivity contribution < 1.29 is 89.7 Å². The molecule has 0 aromatic heterocycles. The van der Waals surface area contributed by atoms with Crippen LogP contribution in [0.5, 0.6) is 5.75 Å². The summed E-state index contributed by atoms with van der Waals surface area (Å²) in [4.78, 5) is 10.9. The number of aliphatic carboxylic acids is 1. The van der Waals surface area contributed by atoms with Crippen molar-refractivity contribution in [3.63, 3.8) is 0 Å². The molecular weight excluding hydrogens is 401 g/mol. The normalized spacial score (nSPS) is 11.3. The Hall–Kier alpha value is -0.278. The second-order valence-corrected chi connectivity index (χ2v) is 4.68. The number of benzene rings is 2. The third kappa shape index (κ3) is 6.46. The van der Waals surface area contributed by atoms with Crippen molar-refractivity contribution in [2.24, 2.45) is 0 Å². The molecule has 0 aliphatic carbocycles. The fraction of sp³-hybridized carbons (Fsp3) is 0.235. The number of rotatable bonds is 7. The first-order valence-corrected chi connectivity index (χ1v) is 6.70. The van der Waals surface area contributed by atoms with Crippen molar-refractivity contribution in [2.45, 2.75) is 19.1 Å². The van der Waals surface area contributed by atoms with Crippen molar-refractivity contribution in [2.75, 3.05) is 7.11 Å². The van der Waals surface area contributed by atoms with E-state index in [0.717, 1.165) is 16.9 Å². The number of hydrogen-bond donors (Lipinski definition) is 1. The van der Waals surface area contributed by atoms with Crippen molar-refractivity contribution in [3.8, 4) is 5.75 Å². The number of carboxylic acid groups (broad SMARTS) is 1. The van der Waals surface area contributed by atoms with Crippen LogP contribution in [0.2, 0.25) is 0 Å². The van der Waals surface area contributed by atoms with Crippen LogP contribution in [0.25, 0.3) is 0 Å². The monoisotopic (exact) mass is 420 g/mol. The first kappa shape index (κ1) is 19.8. The fourth-order valence-corrected chi connectivity index (χ4v) is 1.95. The Balaban J connectivity index is 0.00000242. The largest absolute Gasteiger partial charge is 1.00 e. The summed E-state index contributed by atoms with van der Waals surface area (Å²) in [6.07, 6.45) is -0.480. The third-order valence-electron chi connectivity index (χ3n) is 3.15. The zero-order valence-electron chi connectivity index (χ0n) is 13.9. The molecule has 0 aliphatic heterocycles. The van der Waals surface area contributed by atoms with E-state index in [1.165, 1.54) is 7.11 Å². The SMILES string of the molecule is COC(Cc1ccc(OCc2ccccc2)cc1)C(=O)O.[Cs+].[H-]. The molecule has 22 heavy (non-hydrogen) atoms. The summed E-state index contributed by atoms with van der Waals surface area (Å²) in [6.45, 7) is 0.510. The molecule has 0 saturated carbocycles. The molecule has 1 atom stereocenters. The first-order chi connectivity index (χ1) is 10.2. The molecule has 2 aromatic rings. The Morgan fingerprint density at radius 1 is 1.09 bits per heavy atom. The molecule has 0 bridgehead atoms. The van der Waals surface area contributed by atoms with Crippen LogP contribution in [0.4, 0.5) is 0 Å². The van der Waals surface area contributed by atoms with Crippen molar-refractivity contribution in [1.29, 1.82) is 0 Å². The Kier molecular flexibility index (Phi) is 9.42. The van der Waals surface area contributed by atoms with E-state index in [0.29, 0.717) is 13.0 Å². The molecule has 4 nitrogen and oxygen atoms in total.